The predicted octanol–water partition coefficient (Wildman–Crippen LogP) is 4.27. The second-order valence-electron chi connectivity index (χ2n) is 7.59. The quantitative estimate of drug-likeness (QED) is 0.495. The lowest BCUT2D eigenvalue weighted by atomic mass is 10.0. The second kappa shape index (κ2) is 11.6. The number of hydrogen-bond donors (Lipinski definition) is 2. The van der Waals surface area contributed by atoms with E-state index in [-0.39, 0.29) is 12.5 Å². The van der Waals surface area contributed by atoms with Crippen molar-refractivity contribution in [3.05, 3.63) is 95.6 Å². The van der Waals surface area contributed by atoms with Crippen molar-refractivity contribution in [2.24, 2.45) is 0 Å². The highest BCUT2D eigenvalue weighted by atomic mass is 16.5. The minimum absolute atomic E-state index is 0.196. The summed E-state index contributed by atoms with van der Waals surface area (Å²) in [5.41, 5.74) is 7.41. The van der Waals surface area contributed by atoms with Gasteiger partial charge in [0, 0.05) is 12.0 Å². The fraction of sp³-hybridized carbons (Fsp3) is 0.231. The van der Waals surface area contributed by atoms with Crippen molar-refractivity contribution in [1.29, 1.82) is 0 Å². The van der Waals surface area contributed by atoms with Gasteiger partial charge >= 0.3 is 0 Å². The van der Waals surface area contributed by atoms with E-state index in [0.717, 1.165) is 12.0 Å². The third kappa shape index (κ3) is 6.87. The summed E-state index contributed by atoms with van der Waals surface area (Å²) in [4.78, 5) is 24.3. The summed E-state index contributed by atoms with van der Waals surface area (Å²) in [6.07, 6.45) is 0.804. The van der Waals surface area contributed by atoms with Gasteiger partial charge in [-0.25, -0.2) is 0 Å². The number of rotatable bonds is 9. The molecule has 6 heteroatoms. The highest BCUT2D eigenvalue weighted by Gasteiger charge is 2.11. The van der Waals surface area contributed by atoms with Crippen molar-refractivity contribution in [3.8, 4) is 11.5 Å². The molecular formula is C26H28N2O4. The molecule has 0 aliphatic rings. The average Bonchev–Trinajstić information content (AvgIpc) is 2.82. The van der Waals surface area contributed by atoms with E-state index >= 15 is 0 Å². The molecule has 0 saturated heterocycles. The molecule has 166 valence electrons. The first kappa shape index (κ1) is 22.9. The second-order valence-corrected chi connectivity index (χ2v) is 7.59. The number of nitrogens with one attached hydrogen (secondary N) is 2. The average molecular weight is 433 g/mol. The summed E-state index contributed by atoms with van der Waals surface area (Å²) in [6, 6.07) is 24.4. The summed E-state index contributed by atoms with van der Waals surface area (Å²) in [5, 5.41) is 0. The van der Waals surface area contributed by atoms with E-state index in [0.29, 0.717) is 23.7 Å². The van der Waals surface area contributed by atoms with Crippen LogP contribution >= 0.6 is 0 Å². The van der Waals surface area contributed by atoms with Gasteiger partial charge in [0.2, 0.25) is 0 Å². The highest BCUT2D eigenvalue weighted by molar-refractivity contribution is 5.95. The van der Waals surface area contributed by atoms with Crippen LogP contribution in [-0.2, 0) is 11.2 Å². The molecule has 0 aromatic heterocycles. The number of para-hydroxylation sites is 1. The zero-order valence-corrected chi connectivity index (χ0v) is 18.3. The molecule has 0 aliphatic carbocycles. The van der Waals surface area contributed by atoms with Crippen LogP contribution in [0.5, 0.6) is 11.5 Å². The van der Waals surface area contributed by atoms with Gasteiger partial charge in [-0.1, -0.05) is 62.4 Å². The molecule has 0 atom stereocenters. The molecule has 0 fully saturated rings. The summed E-state index contributed by atoms with van der Waals surface area (Å²) < 4.78 is 11.3. The molecule has 2 N–H and O–H groups in total. The van der Waals surface area contributed by atoms with Crippen molar-refractivity contribution in [2.75, 3.05) is 13.2 Å². The van der Waals surface area contributed by atoms with E-state index < -0.39 is 11.8 Å². The molecule has 32 heavy (non-hydrogen) atoms. The van der Waals surface area contributed by atoms with Gasteiger partial charge in [-0.05, 0) is 47.4 Å². The van der Waals surface area contributed by atoms with Crippen LogP contribution in [0.3, 0.4) is 0 Å². The van der Waals surface area contributed by atoms with Crippen molar-refractivity contribution in [3.63, 3.8) is 0 Å². The van der Waals surface area contributed by atoms with Gasteiger partial charge in [-0.15, -0.1) is 0 Å². The monoisotopic (exact) mass is 432 g/mol. The Bertz CT molecular complexity index is 1020. The number of carbonyl (C=O) groups excluding carboxylic acids is 2. The van der Waals surface area contributed by atoms with Gasteiger partial charge in [0.25, 0.3) is 11.8 Å². The first-order valence-electron chi connectivity index (χ1n) is 10.6. The maximum Gasteiger partial charge on any atom is 0.276 e. The van der Waals surface area contributed by atoms with Gasteiger partial charge < -0.3 is 9.47 Å². The normalized spacial score (nSPS) is 10.5. The Balaban J connectivity index is 1.41. The number of benzene rings is 3. The van der Waals surface area contributed by atoms with Crippen LogP contribution in [0.1, 0.15) is 41.3 Å². The van der Waals surface area contributed by atoms with E-state index in [1.165, 1.54) is 5.56 Å². The molecule has 3 aromatic carbocycles. The Morgan fingerprint density at radius 1 is 0.812 bits per heavy atom. The van der Waals surface area contributed by atoms with Gasteiger partial charge in [-0.2, -0.15) is 0 Å². The fourth-order valence-corrected chi connectivity index (χ4v) is 3.10. The number of amides is 2. The summed E-state index contributed by atoms with van der Waals surface area (Å²) in [6.45, 7) is 4.47. The smallest absolute Gasteiger partial charge is 0.276 e. The Hall–Kier alpha value is -3.80. The largest absolute Gasteiger partial charge is 0.493 e. The molecule has 3 aromatic rings. The zero-order chi connectivity index (χ0) is 22.8. The number of hydrazine groups is 1. The number of hydrogen-bond acceptors (Lipinski definition) is 4. The van der Waals surface area contributed by atoms with E-state index in [2.05, 4.69) is 36.8 Å². The molecule has 0 saturated carbocycles. The van der Waals surface area contributed by atoms with E-state index in [9.17, 15) is 9.59 Å². The Kier molecular flexibility index (Phi) is 8.26. The van der Waals surface area contributed by atoms with Crippen molar-refractivity contribution in [2.45, 2.75) is 26.2 Å². The van der Waals surface area contributed by atoms with Crippen LogP contribution < -0.4 is 20.3 Å². The van der Waals surface area contributed by atoms with E-state index in [1.807, 2.05) is 42.5 Å². The van der Waals surface area contributed by atoms with Crippen LogP contribution in [0.25, 0.3) is 0 Å². The van der Waals surface area contributed by atoms with Gasteiger partial charge in [-0.3, -0.25) is 20.4 Å². The predicted molar refractivity (Wildman–Crippen MR) is 124 cm³/mol. The van der Waals surface area contributed by atoms with Crippen LogP contribution in [0.15, 0.2) is 78.9 Å². The molecule has 2 amide bonds. The summed E-state index contributed by atoms with van der Waals surface area (Å²) in [5.74, 6) is 0.749. The van der Waals surface area contributed by atoms with E-state index in [1.54, 1.807) is 24.3 Å². The van der Waals surface area contributed by atoms with Crippen molar-refractivity contribution < 1.29 is 19.1 Å². The minimum Gasteiger partial charge on any atom is -0.493 e. The Morgan fingerprint density at radius 2 is 1.50 bits per heavy atom. The van der Waals surface area contributed by atoms with E-state index in [4.69, 9.17) is 9.47 Å². The maximum atomic E-state index is 12.3. The van der Waals surface area contributed by atoms with Crippen molar-refractivity contribution >= 4 is 11.8 Å². The SMILES string of the molecule is CC(C)c1ccccc1OCC(=O)NNC(=O)c1ccc(OCCc2ccccc2)cc1. The minimum atomic E-state index is -0.447. The van der Waals surface area contributed by atoms with Crippen molar-refractivity contribution in [1.82, 2.24) is 10.9 Å². The molecule has 3 rings (SSSR count). The zero-order valence-electron chi connectivity index (χ0n) is 18.3. The lowest BCUT2D eigenvalue weighted by molar-refractivity contribution is -0.123. The first-order chi connectivity index (χ1) is 15.5. The van der Waals surface area contributed by atoms with Crippen LogP contribution in [0, 0.1) is 0 Å². The lowest BCUT2D eigenvalue weighted by Gasteiger charge is -2.14. The molecule has 0 bridgehead atoms. The molecule has 0 unspecified atom stereocenters. The lowest BCUT2D eigenvalue weighted by Crippen LogP contribution is -2.43. The summed E-state index contributed by atoms with van der Waals surface area (Å²) in [7, 11) is 0. The van der Waals surface area contributed by atoms with Crippen LogP contribution in [-0.4, -0.2) is 25.0 Å². The molecule has 6 nitrogen and oxygen atoms in total. The standard InChI is InChI=1S/C26H28N2O4/c1-19(2)23-10-6-7-11-24(23)32-18-25(29)27-28-26(30)21-12-14-22(15-13-21)31-17-16-20-8-4-3-5-9-20/h3-15,19H,16-18H2,1-2H3,(H,27,29)(H,28,30). The third-order valence-electron chi connectivity index (χ3n) is 4.83. The third-order valence-corrected chi connectivity index (χ3v) is 4.83. The topological polar surface area (TPSA) is 76.7 Å². The fourth-order valence-electron chi connectivity index (χ4n) is 3.10. The number of carbonyl (C=O) groups is 2. The van der Waals surface area contributed by atoms with Gasteiger partial charge in [0.05, 0.1) is 6.61 Å². The van der Waals surface area contributed by atoms with Gasteiger partial charge in [0.15, 0.2) is 6.61 Å². The maximum absolute atomic E-state index is 12.3. The molecule has 0 spiro atoms. The first-order valence-corrected chi connectivity index (χ1v) is 10.6. The van der Waals surface area contributed by atoms with Crippen LogP contribution in [0.4, 0.5) is 0 Å². The van der Waals surface area contributed by atoms with Gasteiger partial charge in [0.1, 0.15) is 11.5 Å². The van der Waals surface area contributed by atoms with Crippen LogP contribution in [0.2, 0.25) is 0 Å². The Morgan fingerprint density at radius 3 is 2.22 bits per heavy atom. The highest BCUT2D eigenvalue weighted by Crippen LogP contribution is 2.25. The summed E-state index contributed by atoms with van der Waals surface area (Å²) >= 11 is 0. The molecule has 0 heterocycles. The molecule has 0 radical (unpaired) electrons. The Labute approximate surface area is 188 Å². The molecule has 0 aliphatic heterocycles. The number of ether oxygens (including phenoxy) is 2. The molecular weight excluding hydrogens is 404 g/mol.